The molecule has 1 atom stereocenters. The topological polar surface area (TPSA) is 17.8 Å². The molecule has 0 saturated heterocycles. The number of aryl methyl sites for hydroxylation is 1. The molecule has 0 aliphatic carbocycles. The molecule has 0 aromatic carbocycles. The summed E-state index contributed by atoms with van der Waals surface area (Å²) in [6.45, 7) is 6.35. The minimum absolute atomic E-state index is 0.536. The molecule has 1 aromatic rings. The largest absolute Gasteiger partial charge is 0.270 e. The molecule has 10 heavy (non-hydrogen) atoms. The molecule has 1 aromatic heterocycles. The van der Waals surface area contributed by atoms with Gasteiger partial charge in [-0.1, -0.05) is 6.92 Å². The molecule has 1 rings (SSSR count). The fourth-order valence-electron chi connectivity index (χ4n) is 0.866. The lowest BCUT2D eigenvalue weighted by Crippen LogP contribution is -2.03. The molecule has 0 bridgehead atoms. The maximum atomic E-state index is 4.30. The van der Waals surface area contributed by atoms with Gasteiger partial charge in [0.2, 0.25) is 0 Å². The van der Waals surface area contributed by atoms with Crippen LogP contribution >= 0.6 is 0 Å². The average molecular weight is 138 g/mol. The molecule has 2 nitrogen and oxygen atoms in total. The summed E-state index contributed by atoms with van der Waals surface area (Å²) < 4.78 is 2.01. The van der Waals surface area contributed by atoms with E-state index in [1.165, 1.54) is 0 Å². The smallest absolute Gasteiger partial charge is 0.0593 e. The molecule has 1 heterocycles. The number of rotatable bonds is 2. The molecular formula is C8H14N2. The number of aromatic nitrogens is 2. The van der Waals surface area contributed by atoms with Crippen molar-refractivity contribution < 1.29 is 0 Å². The van der Waals surface area contributed by atoms with Crippen molar-refractivity contribution in [1.82, 2.24) is 9.78 Å². The van der Waals surface area contributed by atoms with Crippen LogP contribution in [-0.2, 0) is 0 Å². The second kappa shape index (κ2) is 2.86. The number of nitrogens with zero attached hydrogens (tertiary/aromatic N) is 2. The van der Waals surface area contributed by atoms with Crippen molar-refractivity contribution in [3.05, 3.63) is 18.0 Å². The average Bonchev–Trinajstić information content (AvgIpc) is 2.34. The van der Waals surface area contributed by atoms with E-state index in [4.69, 9.17) is 0 Å². The fraction of sp³-hybridized carbons (Fsp3) is 0.625. The van der Waals surface area contributed by atoms with Crippen LogP contribution in [0, 0.1) is 6.92 Å². The van der Waals surface area contributed by atoms with Crippen LogP contribution in [0.1, 0.15) is 32.0 Å². The molecule has 0 N–H and O–H groups in total. The predicted octanol–water partition coefficient (Wildman–Crippen LogP) is 2.16. The highest BCUT2D eigenvalue weighted by atomic mass is 15.3. The van der Waals surface area contributed by atoms with Gasteiger partial charge in [-0.3, -0.25) is 4.68 Å². The lowest BCUT2D eigenvalue weighted by atomic mass is 10.3. The summed E-state index contributed by atoms with van der Waals surface area (Å²) in [7, 11) is 0. The summed E-state index contributed by atoms with van der Waals surface area (Å²) in [5.74, 6) is 0. The van der Waals surface area contributed by atoms with Crippen molar-refractivity contribution in [1.29, 1.82) is 0 Å². The van der Waals surface area contributed by atoms with Crippen LogP contribution in [0.25, 0.3) is 0 Å². The Bertz CT molecular complexity index is 203. The van der Waals surface area contributed by atoms with Gasteiger partial charge in [0.05, 0.1) is 5.69 Å². The van der Waals surface area contributed by atoms with Crippen molar-refractivity contribution in [3.63, 3.8) is 0 Å². The second-order valence-electron chi connectivity index (χ2n) is 2.69. The monoisotopic (exact) mass is 138 g/mol. The zero-order valence-electron chi connectivity index (χ0n) is 6.83. The summed E-state index contributed by atoms with van der Waals surface area (Å²) in [5.41, 5.74) is 1.10. The molecule has 0 aliphatic rings. The Hall–Kier alpha value is -0.790. The molecule has 0 aliphatic heterocycles. The molecule has 2 heteroatoms. The fourth-order valence-corrected chi connectivity index (χ4v) is 0.866. The van der Waals surface area contributed by atoms with Gasteiger partial charge in [0.15, 0.2) is 0 Å². The third kappa shape index (κ3) is 1.38. The van der Waals surface area contributed by atoms with E-state index in [9.17, 15) is 0 Å². The van der Waals surface area contributed by atoms with E-state index in [-0.39, 0.29) is 0 Å². The van der Waals surface area contributed by atoms with E-state index < -0.39 is 0 Å². The van der Waals surface area contributed by atoms with Crippen LogP contribution < -0.4 is 0 Å². The normalized spacial score (nSPS) is 13.5. The Morgan fingerprint density at radius 3 is 2.80 bits per heavy atom. The van der Waals surface area contributed by atoms with Gasteiger partial charge >= 0.3 is 0 Å². The minimum atomic E-state index is 0.536. The standard InChI is InChI=1S/C8H14N2/c1-4-8(3)10-6-5-7(2)9-10/h5-6,8H,4H2,1-3H3/t8-/m0/s1. The van der Waals surface area contributed by atoms with Gasteiger partial charge in [0, 0.05) is 12.2 Å². The molecule has 0 spiro atoms. The Morgan fingerprint density at radius 1 is 1.70 bits per heavy atom. The van der Waals surface area contributed by atoms with Crippen LogP contribution in [0.5, 0.6) is 0 Å². The van der Waals surface area contributed by atoms with Crippen LogP contribution in [-0.4, -0.2) is 9.78 Å². The van der Waals surface area contributed by atoms with E-state index in [1.807, 2.05) is 23.9 Å². The van der Waals surface area contributed by atoms with E-state index in [2.05, 4.69) is 18.9 Å². The quantitative estimate of drug-likeness (QED) is 0.612. The van der Waals surface area contributed by atoms with E-state index in [0.29, 0.717) is 6.04 Å². The Kier molecular flexibility index (Phi) is 2.10. The number of hydrogen-bond acceptors (Lipinski definition) is 1. The summed E-state index contributed by atoms with van der Waals surface area (Å²) >= 11 is 0. The highest BCUT2D eigenvalue weighted by Gasteiger charge is 2.00. The van der Waals surface area contributed by atoms with Gasteiger partial charge in [0.1, 0.15) is 0 Å². The molecule has 0 unspecified atom stereocenters. The highest BCUT2D eigenvalue weighted by Crippen LogP contribution is 2.07. The summed E-state index contributed by atoms with van der Waals surface area (Å²) in [5, 5.41) is 4.30. The predicted molar refractivity (Wildman–Crippen MR) is 42.0 cm³/mol. The van der Waals surface area contributed by atoms with Gasteiger partial charge in [0.25, 0.3) is 0 Å². The second-order valence-corrected chi connectivity index (χ2v) is 2.69. The zero-order valence-corrected chi connectivity index (χ0v) is 6.83. The van der Waals surface area contributed by atoms with E-state index in [1.54, 1.807) is 0 Å². The molecule has 0 amide bonds. The molecule has 0 saturated carbocycles. The van der Waals surface area contributed by atoms with Crippen molar-refractivity contribution >= 4 is 0 Å². The third-order valence-corrected chi connectivity index (χ3v) is 1.78. The minimum Gasteiger partial charge on any atom is -0.270 e. The first kappa shape index (κ1) is 7.32. The Labute approximate surface area is 61.9 Å². The van der Waals surface area contributed by atoms with Gasteiger partial charge < -0.3 is 0 Å². The maximum Gasteiger partial charge on any atom is 0.0593 e. The van der Waals surface area contributed by atoms with Crippen LogP contribution in [0.3, 0.4) is 0 Å². The lowest BCUT2D eigenvalue weighted by molar-refractivity contribution is 0.475. The van der Waals surface area contributed by atoms with Crippen LogP contribution in [0.4, 0.5) is 0 Å². The Morgan fingerprint density at radius 2 is 2.40 bits per heavy atom. The summed E-state index contributed by atoms with van der Waals surface area (Å²) in [6, 6.07) is 2.57. The van der Waals surface area contributed by atoms with Gasteiger partial charge in [-0.05, 0) is 26.3 Å². The first-order valence-electron chi connectivity index (χ1n) is 3.75. The van der Waals surface area contributed by atoms with Gasteiger partial charge in [-0.25, -0.2) is 0 Å². The van der Waals surface area contributed by atoms with Crippen LogP contribution in [0.2, 0.25) is 0 Å². The first-order chi connectivity index (χ1) is 4.74. The number of hydrogen-bond donors (Lipinski definition) is 0. The van der Waals surface area contributed by atoms with E-state index >= 15 is 0 Å². The zero-order chi connectivity index (χ0) is 7.56. The molecule has 0 fully saturated rings. The van der Waals surface area contributed by atoms with Gasteiger partial charge in [-0.2, -0.15) is 5.10 Å². The molecule has 56 valence electrons. The van der Waals surface area contributed by atoms with E-state index in [0.717, 1.165) is 12.1 Å². The lowest BCUT2D eigenvalue weighted by Gasteiger charge is -2.07. The summed E-state index contributed by atoms with van der Waals surface area (Å²) in [4.78, 5) is 0. The van der Waals surface area contributed by atoms with Crippen molar-refractivity contribution in [2.75, 3.05) is 0 Å². The van der Waals surface area contributed by atoms with Crippen molar-refractivity contribution in [2.24, 2.45) is 0 Å². The first-order valence-corrected chi connectivity index (χ1v) is 3.75. The van der Waals surface area contributed by atoms with Crippen molar-refractivity contribution in [3.8, 4) is 0 Å². The highest BCUT2D eigenvalue weighted by molar-refractivity contribution is 4.95. The summed E-state index contributed by atoms with van der Waals surface area (Å²) in [6.07, 6.45) is 3.17. The van der Waals surface area contributed by atoms with Gasteiger partial charge in [-0.15, -0.1) is 0 Å². The third-order valence-electron chi connectivity index (χ3n) is 1.78. The SMILES string of the molecule is CC[C@H](C)n1ccc(C)n1. The van der Waals surface area contributed by atoms with Crippen molar-refractivity contribution in [2.45, 2.75) is 33.2 Å². The molecule has 0 radical (unpaired) electrons. The molecular weight excluding hydrogens is 124 g/mol. The van der Waals surface area contributed by atoms with Crippen LogP contribution in [0.15, 0.2) is 12.3 Å². The maximum absolute atomic E-state index is 4.30. The Balaban J connectivity index is 2.74.